The Morgan fingerprint density at radius 1 is 0.932 bits per heavy atom. The van der Waals surface area contributed by atoms with E-state index in [1.807, 2.05) is 24.3 Å². The van der Waals surface area contributed by atoms with E-state index < -0.39 is 39.7 Å². The molecule has 0 bridgehead atoms. The number of aromatic nitrogens is 3. The maximum atomic E-state index is 13.6. The quantitative estimate of drug-likeness (QED) is 0.0676. The van der Waals surface area contributed by atoms with Crippen molar-refractivity contribution in [2.24, 2.45) is 5.73 Å². The molecular weight excluding hydrogens is 811 g/mol. The van der Waals surface area contributed by atoms with Crippen molar-refractivity contribution >= 4 is 83.4 Å². The Morgan fingerprint density at radius 3 is 2.47 bits per heavy atom. The fraction of sp³-hybridized carbons (Fsp3) is 0.341. The highest BCUT2D eigenvalue weighted by Crippen LogP contribution is 2.37. The molecule has 306 valence electrons. The van der Waals surface area contributed by atoms with Crippen LogP contribution in [0.1, 0.15) is 88.4 Å². The number of aryl methyl sites for hydroxylation is 1. The number of imide groups is 2. The van der Waals surface area contributed by atoms with Crippen molar-refractivity contribution in [1.29, 1.82) is 0 Å². The third kappa shape index (κ3) is 8.21. The van der Waals surface area contributed by atoms with E-state index in [0.29, 0.717) is 79.0 Å². The average Bonchev–Trinajstić information content (AvgIpc) is 3.90. The molecule has 5 aromatic rings. The van der Waals surface area contributed by atoms with E-state index in [1.54, 1.807) is 22.5 Å². The van der Waals surface area contributed by atoms with Gasteiger partial charge in [-0.2, -0.15) is 0 Å². The Labute approximate surface area is 350 Å². The summed E-state index contributed by atoms with van der Waals surface area (Å²) in [5.41, 5.74) is 17.8. The van der Waals surface area contributed by atoms with Crippen molar-refractivity contribution in [1.82, 2.24) is 29.3 Å². The molecular formula is C41H43N9O6S3. The van der Waals surface area contributed by atoms with E-state index in [4.69, 9.17) is 23.7 Å². The standard InChI is InChI=1S/C41H43N9O6S3/c42-36(57)27-9-4-8-26(21-27)31-23-49(33-20-24(11-12-29(31)33)22-44-41-47-46-40(43)58-41)28-15-17-48(18-16-28)59(55,56)19-3-1-2-6-25-7-5-10-30-35(25)39(54)50(38(30)53)32-13-14-34(51)45-37(32)52/h4-5,7-12,20-21,23,28,32H,1-3,6,13-19,22H2,(H2,42,57)(H2,43,46)(H,44,47)(H,45,51,52). The lowest BCUT2D eigenvalue weighted by Crippen LogP contribution is -2.54. The van der Waals surface area contributed by atoms with Gasteiger partial charge in [0.15, 0.2) is 0 Å². The Balaban J connectivity index is 0.899. The second kappa shape index (κ2) is 16.6. The van der Waals surface area contributed by atoms with Gasteiger partial charge in [0, 0.05) is 60.3 Å². The molecule has 0 radical (unpaired) electrons. The highest BCUT2D eigenvalue weighted by atomic mass is 32.2. The number of nitrogens with two attached hydrogens (primary N) is 2. The van der Waals surface area contributed by atoms with Gasteiger partial charge in [-0.15, -0.1) is 10.2 Å². The lowest BCUT2D eigenvalue weighted by atomic mass is 9.98. The minimum absolute atomic E-state index is 0.0117. The first-order chi connectivity index (χ1) is 28.4. The van der Waals surface area contributed by atoms with Crippen molar-refractivity contribution < 1.29 is 27.6 Å². The fourth-order valence-electron chi connectivity index (χ4n) is 8.36. The number of carbonyl (C=O) groups excluding carboxylic acids is 4. The molecule has 0 spiro atoms. The molecule has 0 saturated carbocycles. The summed E-state index contributed by atoms with van der Waals surface area (Å²) >= 11 is 6.55. The van der Waals surface area contributed by atoms with E-state index in [9.17, 15) is 27.6 Å². The predicted molar refractivity (Wildman–Crippen MR) is 229 cm³/mol. The van der Waals surface area contributed by atoms with Crippen LogP contribution in [0.15, 0.2) is 66.9 Å². The molecule has 3 aliphatic rings. The first kappa shape index (κ1) is 40.2. The van der Waals surface area contributed by atoms with Crippen LogP contribution in [0.5, 0.6) is 0 Å². The number of hydrogen-bond donors (Lipinski definition) is 4. The van der Waals surface area contributed by atoms with Gasteiger partial charge in [0.2, 0.25) is 32.1 Å². The van der Waals surface area contributed by atoms with Gasteiger partial charge in [0.1, 0.15) is 11.0 Å². The Bertz CT molecular complexity index is 2610. The van der Waals surface area contributed by atoms with Gasteiger partial charge in [-0.1, -0.05) is 72.4 Å². The summed E-state index contributed by atoms with van der Waals surface area (Å²) in [6, 6.07) is 18.3. The number of anilines is 2. The molecule has 8 rings (SSSR count). The number of nitrogens with zero attached hydrogens (tertiary/aromatic N) is 5. The Hall–Kier alpha value is -5.56. The number of fused-ring (bicyclic) bond motifs is 2. The molecule has 1 atom stereocenters. The van der Waals surface area contributed by atoms with E-state index >= 15 is 0 Å². The van der Waals surface area contributed by atoms with Crippen LogP contribution >= 0.6 is 23.6 Å². The largest absolute Gasteiger partial charge is 0.389 e. The van der Waals surface area contributed by atoms with Gasteiger partial charge in [0.05, 0.1) is 16.9 Å². The maximum absolute atomic E-state index is 13.6. The molecule has 18 heteroatoms. The van der Waals surface area contributed by atoms with Crippen molar-refractivity contribution in [2.75, 3.05) is 29.9 Å². The van der Waals surface area contributed by atoms with Gasteiger partial charge >= 0.3 is 0 Å². The number of thiocarbonyl (C=S) groups is 1. The summed E-state index contributed by atoms with van der Waals surface area (Å²) in [5.74, 6) is -2.15. The third-order valence-corrected chi connectivity index (χ3v) is 14.3. The number of carbonyl (C=O) groups is 4. The highest BCUT2D eigenvalue weighted by molar-refractivity contribution is 7.89. The summed E-state index contributed by atoms with van der Waals surface area (Å²) in [7, 11) is -3.51. The Kier molecular flexibility index (Phi) is 11.3. The molecule has 5 heterocycles. The summed E-state index contributed by atoms with van der Waals surface area (Å²) in [5, 5.41) is 15.5. The van der Waals surface area contributed by atoms with Crippen LogP contribution in [0.2, 0.25) is 0 Å². The van der Waals surface area contributed by atoms with Crippen LogP contribution < -0.4 is 22.1 Å². The highest BCUT2D eigenvalue weighted by Gasteiger charge is 2.45. The molecule has 2 saturated heterocycles. The topological polar surface area (TPSA) is 216 Å². The maximum Gasteiger partial charge on any atom is 0.262 e. The summed E-state index contributed by atoms with van der Waals surface area (Å²) in [4.78, 5) is 52.1. The Morgan fingerprint density at radius 2 is 1.73 bits per heavy atom. The minimum atomic E-state index is -3.51. The summed E-state index contributed by atoms with van der Waals surface area (Å²) in [6.07, 6.45) is 5.72. The third-order valence-electron chi connectivity index (χ3n) is 11.4. The van der Waals surface area contributed by atoms with Crippen LogP contribution in [0.4, 0.5) is 10.3 Å². The van der Waals surface area contributed by atoms with Crippen molar-refractivity contribution in [3.05, 3.63) is 94.7 Å². The SMILES string of the molecule is NC(=S)c1cccc(-c2cn(C3CCN(S(=O)(=O)CCCCCc4cccc5c4C(=O)N(C4CCC(=O)NC4=O)C5=O)CC3)c3cc(CNc4nnc(N)s4)ccc23)c1. The number of nitrogen functional groups attached to an aromatic ring is 1. The summed E-state index contributed by atoms with van der Waals surface area (Å²) in [6.45, 7) is 1.32. The van der Waals surface area contributed by atoms with Crippen molar-refractivity contribution in [2.45, 2.75) is 70.0 Å². The molecule has 6 N–H and O–H groups in total. The lowest BCUT2D eigenvalue weighted by Gasteiger charge is -2.32. The molecule has 1 unspecified atom stereocenters. The monoisotopic (exact) mass is 853 g/mol. The van der Waals surface area contributed by atoms with Gasteiger partial charge < -0.3 is 21.4 Å². The second-order valence-electron chi connectivity index (χ2n) is 15.1. The molecule has 2 aromatic heterocycles. The molecule has 2 fully saturated rings. The number of piperidine rings is 2. The number of sulfonamides is 1. The van der Waals surface area contributed by atoms with Gasteiger partial charge in [-0.05, 0) is 73.4 Å². The average molecular weight is 854 g/mol. The zero-order chi connectivity index (χ0) is 41.4. The van der Waals surface area contributed by atoms with E-state index in [0.717, 1.165) is 38.1 Å². The van der Waals surface area contributed by atoms with E-state index in [1.165, 1.54) is 11.3 Å². The molecule has 0 aliphatic carbocycles. The van der Waals surface area contributed by atoms with Crippen LogP contribution in [0, 0.1) is 0 Å². The van der Waals surface area contributed by atoms with Gasteiger partial charge in [0.25, 0.3) is 11.8 Å². The first-order valence-corrected chi connectivity index (χ1v) is 22.4. The van der Waals surface area contributed by atoms with Crippen LogP contribution in [0.25, 0.3) is 22.0 Å². The molecule has 3 aromatic carbocycles. The minimum Gasteiger partial charge on any atom is -0.389 e. The van der Waals surface area contributed by atoms with E-state index in [-0.39, 0.29) is 35.8 Å². The second-order valence-corrected chi connectivity index (χ2v) is 18.6. The van der Waals surface area contributed by atoms with Crippen molar-refractivity contribution in [3.63, 3.8) is 0 Å². The number of amides is 4. The van der Waals surface area contributed by atoms with Crippen LogP contribution in [-0.4, -0.2) is 85.9 Å². The number of benzene rings is 3. The number of nitrogens with one attached hydrogen (secondary N) is 2. The smallest absolute Gasteiger partial charge is 0.262 e. The molecule has 15 nitrogen and oxygen atoms in total. The van der Waals surface area contributed by atoms with Crippen LogP contribution in [0.3, 0.4) is 0 Å². The molecule has 4 amide bonds. The van der Waals surface area contributed by atoms with Crippen LogP contribution in [-0.2, 0) is 32.6 Å². The predicted octanol–water partition coefficient (Wildman–Crippen LogP) is 4.77. The zero-order valence-corrected chi connectivity index (χ0v) is 34.5. The summed E-state index contributed by atoms with van der Waals surface area (Å²) < 4.78 is 31.0. The van der Waals surface area contributed by atoms with Gasteiger partial charge in [-0.25, -0.2) is 12.7 Å². The first-order valence-electron chi connectivity index (χ1n) is 19.6. The zero-order valence-electron chi connectivity index (χ0n) is 32.1. The number of unbranched alkanes of at least 4 members (excludes halogenated alkanes) is 2. The van der Waals surface area contributed by atoms with Crippen molar-refractivity contribution in [3.8, 4) is 11.1 Å². The lowest BCUT2D eigenvalue weighted by molar-refractivity contribution is -0.136. The normalized spacial score (nSPS) is 17.8. The number of rotatable bonds is 14. The molecule has 3 aliphatic heterocycles. The fourth-order valence-corrected chi connectivity index (χ4v) is 10.6. The number of hydrogen-bond acceptors (Lipinski definition) is 12. The molecule has 59 heavy (non-hydrogen) atoms. The van der Waals surface area contributed by atoms with E-state index in [2.05, 4.69) is 49.8 Å². The van der Waals surface area contributed by atoms with Gasteiger partial charge in [-0.3, -0.25) is 29.4 Å².